The van der Waals surface area contributed by atoms with Gasteiger partial charge in [0.1, 0.15) is 6.04 Å². The summed E-state index contributed by atoms with van der Waals surface area (Å²) >= 11 is 0. The van der Waals surface area contributed by atoms with Crippen LogP contribution in [0.2, 0.25) is 0 Å². The number of nitrogens with zero attached hydrogens (tertiary/aromatic N) is 3. The molecule has 2 heterocycles. The molecule has 1 fully saturated rings. The molecule has 0 saturated heterocycles. The van der Waals surface area contributed by atoms with E-state index in [1.54, 1.807) is 28.8 Å². The van der Waals surface area contributed by atoms with Crippen LogP contribution in [0.4, 0.5) is 0 Å². The number of carboxylic acids is 1. The van der Waals surface area contributed by atoms with E-state index >= 15 is 0 Å². The Bertz CT molecular complexity index is 1520. The summed E-state index contributed by atoms with van der Waals surface area (Å²) in [5.41, 5.74) is 2.55. The Hall–Kier alpha value is -3.61. The summed E-state index contributed by atoms with van der Waals surface area (Å²) in [5, 5.41) is 11.6. The molecule has 0 unspecified atom stereocenters. The zero-order valence-corrected chi connectivity index (χ0v) is 19.5. The molecule has 2 aromatic heterocycles. The van der Waals surface area contributed by atoms with Gasteiger partial charge in [-0.05, 0) is 55.0 Å². The number of carboxylic acid groups (broad SMARTS) is 1. The standard InChI is InChI=1S/C27H29N3O4/c1-17-9-8-14-22-23(17)19(15-28(22)2)16-29-21-13-7-6-12-20(21)25(31)30(27(29)34)24(26(32)33)18-10-4-3-5-11-18/h6-9,12-15,18,24H,3-5,10-11,16H2,1-2H3,(H,32,33)/t24-/m1/s1. The van der Waals surface area contributed by atoms with E-state index in [2.05, 4.69) is 0 Å². The number of carbonyl (C=O) groups is 1. The first-order valence-corrected chi connectivity index (χ1v) is 11.9. The molecule has 4 aromatic rings. The first kappa shape index (κ1) is 22.2. The molecule has 0 bridgehead atoms. The quantitative estimate of drug-likeness (QED) is 0.484. The first-order chi connectivity index (χ1) is 16.4. The van der Waals surface area contributed by atoms with E-state index in [-0.39, 0.29) is 12.5 Å². The monoisotopic (exact) mass is 459 g/mol. The Balaban J connectivity index is 1.76. The van der Waals surface area contributed by atoms with Gasteiger partial charge in [0.05, 0.1) is 17.4 Å². The van der Waals surface area contributed by atoms with E-state index < -0.39 is 23.3 Å². The zero-order chi connectivity index (χ0) is 24.0. The van der Waals surface area contributed by atoms with Crippen LogP contribution in [0.15, 0.2) is 58.3 Å². The Morgan fingerprint density at radius 1 is 1.03 bits per heavy atom. The lowest BCUT2D eigenvalue weighted by Gasteiger charge is -2.29. The van der Waals surface area contributed by atoms with Crippen LogP contribution in [-0.2, 0) is 18.4 Å². The molecule has 5 rings (SSSR count). The maximum atomic E-state index is 13.9. The minimum atomic E-state index is -1.16. The van der Waals surface area contributed by atoms with Crippen LogP contribution in [0.25, 0.3) is 21.8 Å². The predicted molar refractivity (Wildman–Crippen MR) is 132 cm³/mol. The fraction of sp³-hybridized carbons (Fsp3) is 0.370. The summed E-state index contributed by atoms with van der Waals surface area (Å²) in [7, 11) is 1.97. The highest BCUT2D eigenvalue weighted by Crippen LogP contribution is 2.32. The fourth-order valence-corrected chi connectivity index (χ4v) is 5.73. The molecule has 7 heteroatoms. The van der Waals surface area contributed by atoms with E-state index in [9.17, 15) is 19.5 Å². The van der Waals surface area contributed by atoms with Crippen molar-refractivity contribution in [1.82, 2.24) is 13.7 Å². The molecule has 2 aromatic carbocycles. The lowest BCUT2D eigenvalue weighted by Crippen LogP contribution is -2.47. The molecular formula is C27H29N3O4. The smallest absolute Gasteiger partial charge is 0.332 e. The van der Waals surface area contributed by atoms with Crippen LogP contribution < -0.4 is 11.2 Å². The summed E-state index contributed by atoms with van der Waals surface area (Å²) in [4.78, 5) is 39.8. The normalized spacial score (nSPS) is 15.7. The van der Waals surface area contributed by atoms with Crippen LogP contribution in [0, 0.1) is 12.8 Å². The van der Waals surface area contributed by atoms with Crippen molar-refractivity contribution in [3.8, 4) is 0 Å². The van der Waals surface area contributed by atoms with Gasteiger partial charge in [-0.3, -0.25) is 9.36 Å². The van der Waals surface area contributed by atoms with Crippen molar-refractivity contribution in [1.29, 1.82) is 0 Å². The Labute approximate surface area is 196 Å². The largest absolute Gasteiger partial charge is 0.480 e. The van der Waals surface area contributed by atoms with Gasteiger partial charge >= 0.3 is 11.7 Å². The van der Waals surface area contributed by atoms with E-state index in [0.717, 1.165) is 45.9 Å². The number of para-hydroxylation sites is 1. The summed E-state index contributed by atoms with van der Waals surface area (Å²) < 4.78 is 4.61. The van der Waals surface area contributed by atoms with Gasteiger partial charge in [-0.25, -0.2) is 14.2 Å². The van der Waals surface area contributed by atoms with Gasteiger partial charge in [0.2, 0.25) is 0 Å². The molecule has 1 atom stereocenters. The lowest BCUT2D eigenvalue weighted by atomic mass is 9.83. The van der Waals surface area contributed by atoms with Crippen molar-refractivity contribution in [3.05, 3.63) is 80.6 Å². The molecule has 34 heavy (non-hydrogen) atoms. The molecule has 0 amide bonds. The van der Waals surface area contributed by atoms with E-state index in [1.165, 1.54) is 0 Å². The van der Waals surface area contributed by atoms with Crippen LogP contribution in [0.1, 0.15) is 49.3 Å². The molecule has 0 radical (unpaired) electrons. The number of benzene rings is 2. The van der Waals surface area contributed by atoms with Crippen molar-refractivity contribution < 1.29 is 9.90 Å². The SMILES string of the molecule is Cc1cccc2c1c(Cn1c(=O)n([C@@H](C(=O)O)C3CCCCC3)c(=O)c3ccccc31)cn2C. The van der Waals surface area contributed by atoms with Gasteiger partial charge in [0.25, 0.3) is 5.56 Å². The molecule has 0 aliphatic heterocycles. The number of hydrogen-bond acceptors (Lipinski definition) is 3. The third-order valence-electron chi connectivity index (χ3n) is 7.34. The van der Waals surface area contributed by atoms with Crippen LogP contribution in [-0.4, -0.2) is 24.8 Å². The number of aliphatic carboxylic acids is 1. The second-order valence-corrected chi connectivity index (χ2v) is 9.48. The van der Waals surface area contributed by atoms with Crippen LogP contribution >= 0.6 is 0 Å². The molecular weight excluding hydrogens is 430 g/mol. The summed E-state index contributed by atoms with van der Waals surface area (Å²) in [5.74, 6) is -1.35. The summed E-state index contributed by atoms with van der Waals surface area (Å²) in [6, 6.07) is 11.9. The topological polar surface area (TPSA) is 86.2 Å². The van der Waals surface area contributed by atoms with Crippen molar-refractivity contribution in [2.45, 2.75) is 51.6 Å². The minimum absolute atomic E-state index is 0.230. The van der Waals surface area contributed by atoms with Gasteiger partial charge in [-0.2, -0.15) is 0 Å². The van der Waals surface area contributed by atoms with Crippen molar-refractivity contribution in [3.63, 3.8) is 0 Å². The van der Waals surface area contributed by atoms with E-state index in [0.29, 0.717) is 23.7 Å². The van der Waals surface area contributed by atoms with Gasteiger partial charge in [0, 0.05) is 24.1 Å². The molecule has 1 N–H and O–H groups in total. The van der Waals surface area contributed by atoms with Crippen molar-refractivity contribution >= 4 is 27.8 Å². The molecule has 176 valence electrons. The van der Waals surface area contributed by atoms with Gasteiger partial charge < -0.3 is 9.67 Å². The highest BCUT2D eigenvalue weighted by atomic mass is 16.4. The second-order valence-electron chi connectivity index (χ2n) is 9.48. The first-order valence-electron chi connectivity index (χ1n) is 11.9. The molecule has 0 spiro atoms. The van der Waals surface area contributed by atoms with Crippen LogP contribution in [0.5, 0.6) is 0 Å². The van der Waals surface area contributed by atoms with E-state index in [4.69, 9.17) is 0 Å². The summed E-state index contributed by atoms with van der Waals surface area (Å²) in [6.45, 7) is 2.29. The number of aromatic nitrogens is 3. The molecule has 1 aliphatic carbocycles. The average molecular weight is 460 g/mol. The maximum Gasteiger partial charge on any atom is 0.332 e. The van der Waals surface area contributed by atoms with Crippen molar-refractivity contribution in [2.24, 2.45) is 13.0 Å². The third kappa shape index (κ3) is 3.56. The second kappa shape index (κ2) is 8.63. The third-order valence-corrected chi connectivity index (χ3v) is 7.34. The Kier molecular flexibility index (Phi) is 5.63. The Morgan fingerprint density at radius 3 is 2.47 bits per heavy atom. The molecule has 7 nitrogen and oxygen atoms in total. The highest BCUT2D eigenvalue weighted by Gasteiger charge is 2.34. The zero-order valence-electron chi connectivity index (χ0n) is 19.5. The maximum absolute atomic E-state index is 13.9. The number of fused-ring (bicyclic) bond motifs is 2. The number of aryl methyl sites for hydroxylation is 2. The highest BCUT2D eigenvalue weighted by molar-refractivity contribution is 5.87. The molecule has 1 aliphatic rings. The van der Waals surface area contributed by atoms with Gasteiger partial charge in [-0.15, -0.1) is 0 Å². The summed E-state index contributed by atoms with van der Waals surface area (Å²) in [6.07, 6.45) is 6.31. The van der Waals surface area contributed by atoms with Gasteiger partial charge in [-0.1, -0.05) is 43.5 Å². The fourth-order valence-electron chi connectivity index (χ4n) is 5.73. The predicted octanol–water partition coefficient (Wildman–Crippen LogP) is 4.22. The number of hydrogen-bond donors (Lipinski definition) is 1. The molecule has 1 saturated carbocycles. The van der Waals surface area contributed by atoms with Gasteiger partial charge in [0.15, 0.2) is 0 Å². The lowest BCUT2D eigenvalue weighted by molar-refractivity contribution is -0.143. The Morgan fingerprint density at radius 2 is 1.74 bits per heavy atom. The van der Waals surface area contributed by atoms with Crippen molar-refractivity contribution in [2.75, 3.05) is 0 Å². The minimum Gasteiger partial charge on any atom is -0.480 e. The number of rotatable bonds is 5. The van der Waals surface area contributed by atoms with E-state index in [1.807, 2.05) is 42.9 Å². The average Bonchev–Trinajstić information content (AvgIpc) is 3.16. The van der Waals surface area contributed by atoms with Crippen LogP contribution in [0.3, 0.4) is 0 Å².